The maximum absolute atomic E-state index is 12.3. The summed E-state index contributed by atoms with van der Waals surface area (Å²) in [5.41, 5.74) is 0.685. The molecule has 0 unspecified atom stereocenters. The fourth-order valence-electron chi connectivity index (χ4n) is 2.14. The van der Waals surface area contributed by atoms with E-state index in [0.29, 0.717) is 16.5 Å². The molecule has 1 fully saturated rings. The average Bonchev–Trinajstić information content (AvgIpc) is 3.25. The molecule has 106 valence electrons. The van der Waals surface area contributed by atoms with E-state index in [1.54, 1.807) is 17.7 Å². The fourth-order valence-corrected chi connectivity index (χ4v) is 3.78. The molecule has 1 saturated carbocycles. The monoisotopic (exact) mass is 316 g/mol. The molecule has 2 aromatic heterocycles. The van der Waals surface area contributed by atoms with Crippen molar-refractivity contribution >= 4 is 34.2 Å². The van der Waals surface area contributed by atoms with Crippen LogP contribution in [-0.2, 0) is 7.05 Å². The summed E-state index contributed by atoms with van der Waals surface area (Å²) in [6, 6.07) is 7.40. The molecule has 0 saturated heterocycles. The summed E-state index contributed by atoms with van der Waals surface area (Å²) < 4.78 is 6.80. The highest BCUT2D eigenvalue weighted by Crippen LogP contribution is 2.40. The number of hydrogen-bond donors (Lipinski definition) is 0. The number of rotatable bonds is 3. The minimum Gasteiger partial charge on any atom is -0.290 e. The van der Waals surface area contributed by atoms with E-state index in [-0.39, 0.29) is 5.56 Å². The molecule has 5 nitrogen and oxygen atoms in total. The molecule has 7 heteroatoms. The summed E-state index contributed by atoms with van der Waals surface area (Å²) in [5.74, 6) is 1.48. The topological polar surface area (TPSA) is 60.7 Å². The first-order chi connectivity index (χ1) is 10.2. The third-order valence-electron chi connectivity index (χ3n) is 3.49. The molecule has 3 aromatic rings. The van der Waals surface area contributed by atoms with Gasteiger partial charge in [0.2, 0.25) is 0 Å². The highest BCUT2D eigenvalue weighted by atomic mass is 32.2. The molecule has 0 radical (unpaired) electrons. The van der Waals surface area contributed by atoms with Gasteiger partial charge >= 0.3 is 0 Å². The van der Waals surface area contributed by atoms with Gasteiger partial charge in [-0.2, -0.15) is 4.37 Å². The van der Waals surface area contributed by atoms with Crippen LogP contribution in [0.4, 0.5) is 0 Å². The van der Waals surface area contributed by atoms with Crippen molar-refractivity contribution in [3.05, 3.63) is 40.4 Å². The van der Waals surface area contributed by atoms with Crippen molar-refractivity contribution in [3.8, 4) is 0 Å². The molecular formula is C14H12N4OS2. The predicted molar refractivity (Wildman–Crippen MR) is 83.0 cm³/mol. The van der Waals surface area contributed by atoms with Gasteiger partial charge in [0.15, 0.2) is 9.50 Å². The maximum atomic E-state index is 12.3. The molecule has 21 heavy (non-hydrogen) atoms. The van der Waals surface area contributed by atoms with E-state index in [4.69, 9.17) is 0 Å². The number of nitrogens with zero attached hydrogens (tertiary/aromatic N) is 4. The van der Waals surface area contributed by atoms with E-state index < -0.39 is 0 Å². The molecular weight excluding hydrogens is 304 g/mol. The quantitative estimate of drug-likeness (QED) is 0.695. The Balaban J connectivity index is 1.75. The lowest BCUT2D eigenvalue weighted by Gasteiger charge is -2.06. The van der Waals surface area contributed by atoms with E-state index >= 15 is 0 Å². The number of para-hydroxylation sites is 1. The van der Waals surface area contributed by atoms with Gasteiger partial charge in [-0.15, -0.1) is 0 Å². The minimum atomic E-state index is -0.0324. The number of aromatic nitrogens is 4. The summed E-state index contributed by atoms with van der Waals surface area (Å²) in [6.45, 7) is 0. The SMILES string of the molecule is Cn1c(Sc2nc(C3CC3)ns2)nc2ccccc2c1=O. The van der Waals surface area contributed by atoms with Gasteiger partial charge in [-0.3, -0.25) is 9.36 Å². The second-order valence-corrected chi connectivity index (χ2v) is 7.04. The lowest BCUT2D eigenvalue weighted by atomic mass is 10.2. The molecule has 1 aliphatic rings. The van der Waals surface area contributed by atoms with Crippen molar-refractivity contribution in [2.75, 3.05) is 0 Å². The first kappa shape index (κ1) is 13.0. The molecule has 2 heterocycles. The Labute approximate surface area is 129 Å². The lowest BCUT2D eigenvalue weighted by Crippen LogP contribution is -2.19. The van der Waals surface area contributed by atoms with Gasteiger partial charge in [0.25, 0.3) is 5.56 Å². The summed E-state index contributed by atoms with van der Waals surface area (Å²) >= 11 is 2.79. The molecule has 0 N–H and O–H groups in total. The second kappa shape index (κ2) is 4.92. The van der Waals surface area contributed by atoms with E-state index in [0.717, 1.165) is 15.7 Å². The van der Waals surface area contributed by atoms with E-state index in [1.165, 1.54) is 36.1 Å². The highest BCUT2D eigenvalue weighted by Gasteiger charge is 2.28. The third-order valence-corrected chi connectivity index (χ3v) is 5.30. The molecule has 0 amide bonds. The van der Waals surface area contributed by atoms with Gasteiger partial charge in [0.05, 0.1) is 10.9 Å². The zero-order chi connectivity index (χ0) is 14.4. The Morgan fingerprint density at radius 1 is 1.29 bits per heavy atom. The Morgan fingerprint density at radius 3 is 2.90 bits per heavy atom. The highest BCUT2D eigenvalue weighted by molar-refractivity contribution is 8.00. The predicted octanol–water partition coefficient (Wildman–Crippen LogP) is 2.81. The number of hydrogen-bond acceptors (Lipinski definition) is 6. The summed E-state index contributed by atoms with van der Waals surface area (Å²) in [6.07, 6.45) is 2.38. The van der Waals surface area contributed by atoms with Crippen molar-refractivity contribution in [1.29, 1.82) is 0 Å². The second-order valence-electron chi connectivity index (χ2n) is 5.07. The zero-order valence-corrected chi connectivity index (χ0v) is 12.9. The normalized spacial score (nSPS) is 14.7. The van der Waals surface area contributed by atoms with Gasteiger partial charge in [-0.1, -0.05) is 12.1 Å². The number of fused-ring (bicyclic) bond motifs is 1. The van der Waals surface area contributed by atoms with Crippen LogP contribution in [-0.4, -0.2) is 18.9 Å². The molecule has 0 aliphatic heterocycles. The van der Waals surface area contributed by atoms with Crippen LogP contribution >= 0.6 is 23.3 Å². The summed E-state index contributed by atoms with van der Waals surface area (Å²) in [4.78, 5) is 21.4. The van der Waals surface area contributed by atoms with Crippen molar-refractivity contribution in [2.24, 2.45) is 7.05 Å². The van der Waals surface area contributed by atoms with Crippen LogP contribution in [0.25, 0.3) is 10.9 Å². The van der Waals surface area contributed by atoms with Crippen LogP contribution in [0, 0.1) is 0 Å². The average molecular weight is 316 g/mol. The Hall–Kier alpha value is -1.73. The fraction of sp³-hybridized carbons (Fsp3) is 0.286. The van der Waals surface area contributed by atoms with Crippen LogP contribution < -0.4 is 5.56 Å². The van der Waals surface area contributed by atoms with Crippen LogP contribution in [0.3, 0.4) is 0 Å². The summed E-state index contributed by atoms with van der Waals surface area (Å²) in [5, 5.41) is 1.29. The van der Waals surface area contributed by atoms with Crippen LogP contribution in [0.15, 0.2) is 38.6 Å². The third kappa shape index (κ3) is 2.36. The smallest absolute Gasteiger partial charge is 0.261 e. The lowest BCUT2D eigenvalue weighted by molar-refractivity contribution is 0.726. The first-order valence-corrected chi connectivity index (χ1v) is 8.28. The van der Waals surface area contributed by atoms with Gasteiger partial charge in [-0.05, 0) is 48.3 Å². The molecule has 1 aromatic carbocycles. The molecule has 4 rings (SSSR count). The van der Waals surface area contributed by atoms with Crippen LogP contribution in [0.1, 0.15) is 24.6 Å². The molecule has 0 atom stereocenters. The van der Waals surface area contributed by atoms with Crippen molar-refractivity contribution in [2.45, 2.75) is 28.3 Å². The Morgan fingerprint density at radius 2 is 2.10 bits per heavy atom. The van der Waals surface area contributed by atoms with E-state index in [2.05, 4.69) is 14.3 Å². The number of benzene rings is 1. The summed E-state index contributed by atoms with van der Waals surface area (Å²) in [7, 11) is 1.74. The Kier molecular flexibility index (Phi) is 3.04. The standard InChI is InChI=1S/C14H12N4OS2/c1-18-12(19)9-4-2-3-5-10(9)15-13(18)20-14-16-11(17-21-14)8-6-7-8/h2-5,8H,6-7H2,1H3. The zero-order valence-electron chi connectivity index (χ0n) is 11.3. The van der Waals surface area contributed by atoms with E-state index in [9.17, 15) is 4.79 Å². The van der Waals surface area contributed by atoms with Crippen LogP contribution in [0.5, 0.6) is 0 Å². The largest absolute Gasteiger partial charge is 0.290 e. The van der Waals surface area contributed by atoms with Crippen molar-refractivity contribution < 1.29 is 0 Å². The molecule has 0 spiro atoms. The van der Waals surface area contributed by atoms with Crippen molar-refractivity contribution in [1.82, 2.24) is 18.9 Å². The molecule has 1 aliphatic carbocycles. The van der Waals surface area contributed by atoms with Crippen LogP contribution in [0.2, 0.25) is 0 Å². The van der Waals surface area contributed by atoms with E-state index in [1.807, 2.05) is 18.2 Å². The van der Waals surface area contributed by atoms with Gasteiger partial charge < -0.3 is 0 Å². The van der Waals surface area contributed by atoms with Gasteiger partial charge in [0.1, 0.15) is 5.82 Å². The molecule has 0 bridgehead atoms. The first-order valence-electron chi connectivity index (χ1n) is 6.69. The maximum Gasteiger partial charge on any atom is 0.261 e. The van der Waals surface area contributed by atoms with Crippen molar-refractivity contribution in [3.63, 3.8) is 0 Å². The van der Waals surface area contributed by atoms with Gasteiger partial charge in [0, 0.05) is 13.0 Å². The minimum absolute atomic E-state index is 0.0324. The van der Waals surface area contributed by atoms with Gasteiger partial charge in [-0.25, -0.2) is 9.97 Å². The Bertz CT molecular complexity index is 882.